The first-order valence-electron chi connectivity index (χ1n) is 11.9. The van der Waals surface area contributed by atoms with E-state index in [0.29, 0.717) is 6.61 Å². The Balaban J connectivity index is 1.38. The Kier molecular flexibility index (Phi) is 6.64. The molecule has 1 N–H and O–H groups in total. The molecule has 0 amide bonds. The number of nitrogens with zero attached hydrogens (tertiary/aromatic N) is 1. The maximum atomic E-state index is 12.6. The molecule has 0 spiro atoms. The second-order valence-electron chi connectivity index (χ2n) is 9.14. The van der Waals surface area contributed by atoms with E-state index in [-0.39, 0.29) is 24.4 Å². The first-order chi connectivity index (χ1) is 17.1. The number of likely N-dealkylation sites (tertiary alicyclic amines) is 1. The maximum absolute atomic E-state index is 12.6. The van der Waals surface area contributed by atoms with Gasteiger partial charge in [0.15, 0.2) is 0 Å². The number of halogens is 1. The van der Waals surface area contributed by atoms with Gasteiger partial charge in [0.25, 0.3) is 0 Å². The van der Waals surface area contributed by atoms with E-state index in [2.05, 4.69) is 11.8 Å². The second kappa shape index (κ2) is 10.0. The van der Waals surface area contributed by atoms with Crippen molar-refractivity contribution in [3.8, 4) is 23.0 Å². The Bertz CT molecular complexity index is 1200. The highest BCUT2D eigenvalue weighted by Gasteiger charge is 2.30. The van der Waals surface area contributed by atoms with Crippen LogP contribution in [0.15, 0.2) is 66.7 Å². The van der Waals surface area contributed by atoms with E-state index in [4.69, 9.17) is 14.2 Å². The molecule has 1 atom stereocenters. The zero-order chi connectivity index (χ0) is 24.4. The molecule has 2 heterocycles. The van der Waals surface area contributed by atoms with Gasteiger partial charge in [-0.15, -0.1) is 0 Å². The minimum absolute atomic E-state index is 0.190. The molecule has 2 aliphatic rings. The first-order valence-corrected chi connectivity index (χ1v) is 11.9. The van der Waals surface area contributed by atoms with E-state index in [9.17, 15) is 9.50 Å². The fourth-order valence-corrected chi connectivity index (χ4v) is 4.80. The summed E-state index contributed by atoms with van der Waals surface area (Å²) in [5, 5.41) is 10.1. The third-order valence-corrected chi connectivity index (χ3v) is 6.79. The van der Waals surface area contributed by atoms with Crippen LogP contribution in [0.1, 0.15) is 29.7 Å². The van der Waals surface area contributed by atoms with Gasteiger partial charge in [0, 0.05) is 36.7 Å². The number of allylic oxidation sites excluding steroid dienone is 1. The van der Waals surface area contributed by atoms with Gasteiger partial charge in [0.1, 0.15) is 35.7 Å². The van der Waals surface area contributed by atoms with Gasteiger partial charge in [0.2, 0.25) is 0 Å². The SMILES string of the molecule is COc1ccc(C2=C(C)c3cc(O)ccc3OC2c2ccc(OCCN3CC(CF)C3)cc2)cc1. The molecular formula is C29H30FNO4. The van der Waals surface area contributed by atoms with Crippen molar-refractivity contribution in [3.05, 3.63) is 83.4 Å². The minimum Gasteiger partial charge on any atom is -0.508 e. The van der Waals surface area contributed by atoms with Crippen molar-refractivity contribution in [2.45, 2.75) is 13.0 Å². The Morgan fingerprint density at radius 2 is 1.71 bits per heavy atom. The number of aromatic hydroxyl groups is 1. The average Bonchev–Trinajstić information content (AvgIpc) is 2.86. The van der Waals surface area contributed by atoms with Crippen LogP contribution in [0.25, 0.3) is 11.1 Å². The predicted octanol–water partition coefficient (Wildman–Crippen LogP) is 5.75. The summed E-state index contributed by atoms with van der Waals surface area (Å²) in [6.07, 6.45) is -0.312. The molecule has 6 heteroatoms. The molecule has 1 saturated heterocycles. The molecule has 0 radical (unpaired) electrons. The van der Waals surface area contributed by atoms with Crippen LogP contribution in [0.4, 0.5) is 4.39 Å². The minimum atomic E-state index is -0.312. The third-order valence-electron chi connectivity index (χ3n) is 6.79. The predicted molar refractivity (Wildman–Crippen MR) is 135 cm³/mol. The summed E-state index contributed by atoms with van der Waals surface area (Å²) >= 11 is 0. The summed E-state index contributed by atoms with van der Waals surface area (Å²) in [5.74, 6) is 2.72. The average molecular weight is 476 g/mol. The zero-order valence-corrected chi connectivity index (χ0v) is 20.0. The van der Waals surface area contributed by atoms with E-state index in [1.807, 2.05) is 54.6 Å². The fourth-order valence-electron chi connectivity index (χ4n) is 4.80. The Labute approximate surface area is 205 Å². The molecule has 5 nitrogen and oxygen atoms in total. The molecule has 35 heavy (non-hydrogen) atoms. The number of hydrogen-bond acceptors (Lipinski definition) is 5. The molecule has 3 aromatic carbocycles. The van der Waals surface area contributed by atoms with E-state index in [1.54, 1.807) is 19.2 Å². The summed E-state index contributed by atoms with van der Waals surface area (Å²) in [6.45, 7) is 4.84. The lowest BCUT2D eigenvalue weighted by atomic mass is 9.86. The van der Waals surface area contributed by atoms with Crippen molar-refractivity contribution < 1.29 is 23.7 Å². The molecule has 5 rings (SSSR count). The highest BCUT2D eigenvalue weighted by atomic mass is 19.1. The molecule has 1 unspecified atom stereocenters. The van der Waals surface area contributed by atoms with Crippen molar-refractivity contribution in [1.82, 2.24) is 4.90 Å². The molecule has 1 fully saturated rings. The van der Waals surface area contributed by atoms with Crippen LogP contribution < -0.4 is 14.2 Å². The number of alkyl halides is 1. The lowest BCUT2D eigenvalue weighted by molar-refractivity contribution is 0.0668. The van der Waals surface area contributed by atoms with Crippen LogP contribution in [0.3, 0.4) is 0 Å². The number of ether oxygens (including phenoxy) is 3. The largest absolute Gasteiger partial charge is 0.508 e. The number of benzene rings is 3. The standard InChI is InChI=1S/C29H30FNO4/c1-19-26-15-23(32)7-12-27(26)35-29(28(19)21-3-8-24(33-2)9-4-21)22-5-10-25(11-6-22)34-14-13-31-17-20(16-30)18-31/h3-12,15,20,29,32H,13-14,16-18H2,1-2H3. The number of methoxy groups -OCH3 is 1. The highest BCUT2D eigenvalue weighted by Crippen LogP contribution is 2.47. The molecule has 0 saturated carbocycles. The molecule has 0 bridgehead atoms. The summed E-state index contributed by atoms with van der Waals surface area (Å²) in [7, 11) is 1.65. The summed E-state index contributed by atoms with van der Waals surface area (Å²) in [6, 6.07) is 21.1. The van der Waals surface area contributed by atoms with Gasteiger partial charge in [-0.25, -0.2) is 0 Å². The topological polar surface area (TPSA) is 51.2 Å². The van der Waals surface area contributed by atoms with Crippen LogP contribution in [0.5, 0.6) is 23.0 Å². The van der Waals surface area contributed by atoms with Crippen LogP contribution in [-0.4, -0.2) is 50.0 Å². The normalized spacial score (nSPS) is 18.0. The van der Waals surface area contributed by atoms with E-state index < -0.39 is 0 Å². The number of fused-ring (bicyclic) bond motifs is 1. The van der Waals surface area contributed by atoms with E-state index >= 15 is 0 Å². The number of rotatable bonds is 8. The van der Waals surface area contributed by atoms with Gasteiger partial charge in [0.05, 0.1) is 13.8 Å². The monoisotopic (exact) mass is 475 g/mol. The van der Waals surface area contributed by atoms with Crippen LogP contribution >= 0.6 is 0 Å². The Morgan fingerprint density at radius 1 is 1.00 bits per heavy atom. The molecule has 182 valence electrons. The molecule has 0 aliphatic carbocycles. The molecule has 0 aromatic heterocycles. The summed E-state index contributed by atoms with van der Waals surface area (Å²) in [5.41, 5.74) is 5.02. The zero-order valence-electron chi connectivity index (χ0n) is 20.0. The lowest BCUT2D eigenvalue weighted by Gasteiger charge is -2.37. The van der Waals surface area contributed by atoms with Gasteiger partial charge in [-0.1, -0.05) is 24.3 Å². The highest BCUT2D eigenvalue weighted by molar-refractivity contribution is 5.95. The van der Waals surface area contributed by atoms with Crippen molar-refractivity contribution in [2.75, 3.05) is 40.0 Å². The molecule has 3 aromatic rings. The molecular weight excluding hydrogens is 445 g/mol. The lowest BCUT2D eigenvalue weighted by Crippen LogP contribution is -2.49. The number of phenolic OH excluding ortho intramolecular Hbond substituents is 1. The first kappa shape index (κ1) is 23.2. The summed E-state index contributed by atoms with van der Waals surface area (Å²) < 4.78 is 30.3. The van der Waals surface area contributed by atoms with Crippen molar-refractivity contribution >= 4 is 11.1 Å². The Hall–Kier alpha value is -3.51. The molecule has 2 aliphatic heterocycles. The van der Waals surface area contributed by atoms with Gasteiger partial charge in [-0.3, -0.25) is 9.29 Å². The second-order valence-corrected chi connectivity index (χ2v) is 9.14. The van der Waals surface area contributed by atoms with Crippen LogP contribution in [-0.2, 0) is 0 Å². The van der Waals surface area contributed by atoms with Crippen molar-refractivity contribution in [2.24, 2.45) is 5.92 Å². The van der Waals surface area contributed by atoms with Crippen LogP contribution in [0.2, 0.25) is 0 Å². The maximum Gasteiger partial charge on any atom is 0.150 e. The van der Waals surface area contributed by atoms with Gasteiger partial charge < -0.3 is 19.3 Å². The van der Waals surface area contributed by atoms with Gasteiger partial charge in [-0.2, -0.15) is 0 Å². The summed E-state index contributed by atoms with van der Waals surface area (Å²) in [4.78, 5) is 2.21. The number of phenols is 1. The van der Waals surface area contributed by atoms with Crippen molar-refractivity contribution in [1.29, 1.82) is 0 Å². The Morgan fingerprint density at radius 3 is 2.40 bits per heavy atom. The van der Waals surface area contributed by atoms with E-state index in [1.165, 1.54) is 0 Å². The van der Waals surface area contributed by atoms with Gasteiger partial charge in [-0.05, 0) is 66.1 Å². The van der Waals surface area contributed by atoms with Crippen molar-refractivity contribution in [3.63, 3.8) is 0 Å². The fraction of sp³-hybridized carbons (Fsp3) is 0.310. The smallest absolute Gasteiger partial charge is 0.150 e. The quantitative estimate of drug-likeness (QED) is 0.450. The van der Waals surface area contributed by atoms with Gasteiger partial charge >= 0.3 is 0 Å². The van der Waals surface area contributed by atoms with E-state index in [0.717, 1.165) is 64.7 Å². The number of hydrogen-bond donors (Lipinski definition) is 1. The third kappa shape index (κ3) is 4.84. The van der Waals surface area contributed by atoms with Crippen LogP contribution in [0, 0.1) is 5.92 Å².